The maximum atomic E-state index is 5.94. The van der Waals surface area contributed by atoms with Crippen LogP contribution in [0.1, 0.15) is 5.56 Å². The molecular weight excluding hydrogens is 232 g/mol. The molecule has 0 aliphatic rings. The average Bonchev–Trinajstić information content (AvgIpc) is 2.82. The summed E-state index contributed by atoms with van der Waals surface area (Å²) < 4.78 is 5.84. The zero-order chi connectivity index (χ0) is 11.7. The van der Waals surface area contributed by atoms with E-state index >= 15 is 0 Å². The molecule has 2 aromatic carbocycles. The summed E-state index contributed by atoms with van der Waals surface area (Å²) in [5.74, 6) is 1.37. The molecule has 84 valence electrons. The van der Waals surface area contributed by atoms with Crippen LogP contribution < -0.4 is 0 Å². The van der Waals surface area contributed by atoms with Gasteiger partial charge in [-0.1, -0.05) is 42.5 Å². The van der Waals surface area contributed by atoms with Crippen molar-refractivity contribution in [1.29, 1.82) is 0 Å². The average molecular weight is 243 g/mol. The Morgan fingerprint density at radius 1 is 0.941 bits per heavy atom. The first-order valence-electron chi connectivity index (χ1n) is 5.51. The van der Waals surface area contributed by atoms with Crippen molar-refractivity contribution in [3.05, 3.63) is 60.2 Å². The molecule has 0 amide bonds. The monoisotopic (exact) mass is 242 g/mol. The highest BCUT2D eigenvalue weighted by molar-refractivity contribution is 6.17. The van der Waals surface area contributed by atoms with Crippen LogP contribution in [0.15, 0.2) is 59.0 Å². The molecule has 1 aromatic heterocycles. The van der Waals surface area contributed by atoms with Gasteiger partial charge >= 0.3 is 0 Å². The summed E-state index contributed by atoms with van der Waals surface area (Å²) in [6, 6.07) is 18.1. The van der Waals surface area contributed by atoms with Crippen molar-refractivity contribution in [2.24, 2.45) is 0 Å². The van der Waals surface area contributed by atoms with E-state index in [0.717, 1.165) is 27.9 Å². The zero-order valence-corrected chi connectivity index (χ0v) is 9.95. The molecule has 0 bridgehead atoms. The van der Waals surface area contributed by atoms with Crippen molar-refractivity contribution >= 4 is 22.6 Å². The first kappa shape index (κ1) is 10.4. The molecule has 1 heterocycles. The van der Waals surface area contributed by atoms with E-state index in [9.17, 15) is 0 Å². The van der Waals surface area contributed by atoms with Gasteiger partial charge in [0.2, 0.25) is 0 Å². The number of rotatable bonds is 2. The van der Waals surface area contributed by atoms with Gasteiger partial charge < -0.3 is 4.42 Å². The molecule has 0 fully saturated rings. The number of hydrogen-bond acceptors (Lipinski definition) is 1. The standard InChI is InChI=1S/C15H11ClO/c16-10-12-6-1-3-7-13(12)15-9-11-5-2-4-8-14(11)17-15/h1-9H,10H2. The van der Waals surface area contributed by atoms with Crippen LogP contribution in [0.2, 0.25) is 0 Å². The Labute approximate surface area is 105 Å². The van der Waals surface area contributed by atoms with Crippen molar-refractivity contribution in [1.82, 2.24) is 0 Å². The van der Waals surface area contributed by atoms with Gasteiger partial charge in [-0.05, 0) is 17.7 Å². The fourth-order valence-electron chi connectivity index (χ4n) is 1.99. The topological polar surface area (TPSA) is 13.1 Å². The quantitative estimate of drug-likeness (QED) is 0.586. The predicted octanol–water partition coefficient (Wildman–Crippen LogP) is 4.84. The van der Waals surface area contributed by atoms with Crippen molar-refractivity contribution in [2.45, 2.75) is 5.88 Å². The van der Waals surface area contributed by atoms with E-state index in [1.165, 1.54) is 0 Å². The van der Waals surface area contributed by atoms with Crippen LogP contribution in [0.25, 0.3) is 22.3 Å². The summed E-state index contributed by atoms with van der Waals surface area (Å²) in [6.07, 6.45) is 0. The minimum atomic E-state index is 0.493. The van der Waals surface area contributed by atoms with Gasteiger partial charge in [0.25, 0.3) is 0 Å². The van der Waals surface area contributed by atoms with Gasteiger partial charge in [-0.3, -0.25) is 0 Å². The molecular formula is C15H11ClO. The van der Waals surface area contributed by atoms with Crippen LogP contribution in [0.4, 0.5) is 0 Å². The lowest BCUT2D eigenvalue weighted by Crippen LogP contribution is -1.83. The Morgan fingerprint density at radius 3 is 2.53 bits per heavy atom. The number of furan rings is 1. The minimum Gasteiger partial charge on any atom is -0.456 e. The number of halogens is 1. The number of para-hydroxylation sites is 1. The molecule has 0 unspecified atom stereocenters. The summed E-state index contributed by atoms with van der Waals surface area (Å²) in [4.78, 5) is 0. The normalized spacial score (nSPS) is 10.9. The third-order valence-corrected chi connectivity index (χ3v) is 3.14. The van der Waals surface area contributed by atoms with E-state index in [1.807, 2.05) is 48.5 Å². The Kier molecular flexibility index (Phi) is 2.62. The molecule has 0 spiro atoms. The Hall–Kier alpha value is -1.73. The molecule has 2 heteroatoms. The maximum Gasteiger partial charge on any atom is 0.135 e. The highest BCUT2D eigenvalue weighted by Crippen LogP contribution is 2.30. The van der Waals surface area contributed by atoms with E-state index in [-0.39, 0.29) is 0 Å². The van der Waals surface area contributed by atoms with Gasteiger partial charge in [-0.25, -0.2) is 0 Å². The SMILES string of the molecule is ClCc1ccccc1-c1cc2ccccc2o1. The van der Waals surface area contributed by atoms with E-state index in [2.05, 4.69) is 6.07 Å². The molecule has 1 nitrogen and oxygen atoms in total. The van der Waals surface area contributed by atoms with Gasteiger partial charge in [0, 0.05) is 16.8 Å². The summed E-state index contributed by atoms with van der Waals surface area (Å²) >= 11 is 5.94. The molecule has 0 saturated heterocycles. The second kappa shape index (κ2) is 4.27. The van der Waals surface area contributed by atoms with Crippen LogP contribution in [0, 0.1) is 0 Å². The van der Waals surface area contributed by atoms with Gasteiger partial charge in [-0.2, -0.15) is 0 Å². The van der Waals surface area contributed by atoms with E-state index < -0.39 is 0 Å². The lowest BCUT2D eigenvalue weighted by Gasteiger charge is -2.02. The summed E-state index contributed by atoms with van der Waals surface area (Å²) in [5.41, 5.74) is 3.07. The molecule has 0 saturated carbocycles. The van der Waals surface area contributed by atoms with E-state index in [0.29, 0.717) is 5.88 Å². The fourth-order valence-corrected chi connectivity index (χ4v) is 2.22. The zero-order valence-electron chi connectivity index (χ0n) is 9.19. The van der Waals surface area contributed by atoms with E-state index in [1.54, 1.807) is 0 Å². The van der Waals surface area contributed by atoms with Gasteiger partial charge in [-0.15, -0.1) is 11.6 Å². The van der Waals surface area contributed by atoms with Crippen molar-refractivity contribution in [2.75, 3.05) is 0 Å². The van der Waals surface area contributed by atoms with Gasteiger partial charge in [0.1, 0.15) is 11.3 Å². The van der Waals surface area contributed by atoms with Gasteiger partial charge in [0.15, 0.2) is 0 Å². The van der Waals surface area contributed by atoms with Crippen molar-refractivity contribution in [3.8, 4) is 11.3 Å². The summed E-state index contributed by atoms with van der Waals surface area (Å²) in [7, 11) is 0. The first-order chi connectivity index (χ1) is 8.38. The Morgan fingerprint density at radius 2 is 1.71 bits per heavy atom. The van der Waals surface area contributed by atoms with Crippen LogP contribution >= 0.6 is 11.6 Å². The molecule has 0 atom stereocenters. The number of hydrogen-bond donors (Lipinski definition) is 0. The minimum absolute atomic E-state index is 0.493. The molecule has 3 aromatic rings. The first-order valence-corrected chi connectivity index (χ1v) is 6.05. The second-order valence-electron chi connectivity index (χ2n) is 3.94. The smallest absolute Gasteiger partial charge is 0.135 e. The summed E-state index contributed by atoms with van der Waals surface area (Å²) in [6.45, 7) is 0. The lowest BCUT2D eigenvalue weighted by atomic mass is 10.1. The molecule has 0 aliphatic heterocycles. The lowest BCUT2D eigenvalue weighted by molar-refractivity contribution is 0.631. The molecule has 0 N–H and O–H groups in total. The van der Waals surface area contributed by atoms with Gasteiger partial charge in [0.05, 0.1) is 0 Å². The maximum absolute atomic E-state index is 5.94. The van der Waals surface area contributed by atoms with Crippen LogP contribution in [0.3, 0.4) is 0 Å². The van der Waals surface area contributed by atoms with Crippen molar-refractivity contribution in [3.63, 3.8) is 0 Å². The van der Waals surface area contributed by atoms with Crippen LogP contribution in [0.5, 0.6) is 0 Å². The highest BCUT2D eigenvalue weighted by atomic mass is 35.5. The molecule has 17 heavy (non-hydrogen) atoms. The Bertz CT molecular complexity index is 622. The molecule has 0 aliphatic carbocycles. The van der Waals surface area contributed by atoms with Crippen LogP contribution in [-0.4, -0.2) is 0 Å². The number of alkyl halides is 1. The predicted molar refractivity (Wildman–Crippen MR) is 71.2 cm³/mol. The number of benzene rings is 2. The van der Waals surface area contributed by atoms with E-state index in [4.69, 9.17) is 16.0 Å². The summed E-state index contributed by atoms with van der Waals surface area (Å²) in [5, 5.41) is 1.12. The number of fused-ring (bicyclic) bond motifs is 1. The molecule has 3 rings (SSSR count). The van der Waals surface area contributed by atoms with Crippen LogP contribution in [-0.2, 0) is 5.88 Å². The third kappa shape index (κ3) is 1.83. The highest BCUT2D eigenvalue weighted by Gasteiger charge is 2.08. The second-order valence-corrected chi connectivity index (χ2v) is 4.21. The Balaban J connectivity index is 2.20. The third-order valence-electron chi connectivity index (χ3n) is 2.85. The van der Waals surface area contributed by atoms with Crippen molar-refractivity contribution < 1.29 is 4.42 Å². The fraction of sp³-hybridized carbons (Fsp3) is 0.0667. The molecule has 0 radical (unpaired) electrons. The largest absolute Gasteiger partial charge is 0.456 e.